The Kier molecular flexibility index (Phi) is 16.2. The highest BCUT2D eigenvalue weighted by Gasteiger charge is 2.31. The van der Waals surface area contributed by atoms with Gasteiger partial charge in [-0.2, -0.15) is 13.2 Å². The van der Waals surface area contributed by atoms with Gasteiger partial charge in [0.15, 0.2) is 0 Å². The molecule has 0 spiro atoms. The summed E-state index contributed by atoms with van der Waals surface area (Å²) >= 11 is 0. The average molecular weight is 692 g/mol. The van der Waals surface area contributed by atoms with E-state index in [1.54, 1.807) is 40.8 Å². The third-order valence-electron chi connectivity index (χ3n) is 7.04. The van der Waals surface area contributed by atoms with Crippen molar-refractivity contribution in [3.63, 3.8) is 0 Å². The molecule has 1 aromatic rings. The highest BCUT2D eigenvalue weighted by Crippen LogP contribution is 2.45. The van der Waals surface area contributed by atoms with Crippen molar-refractivity contribution in [3.8, 4) is 0 Å². The molecule has 0 radical (unpaired) electrons. The van der Waals surface area contributed by atoms with Gasteiger partial charge in [0.2, 0.25) is 22.1 Å². The minimum Gasteiger partial charge on any atom is -0.328 e. The van der Waals surface area contributed by atoms with Gasteiger partial charge in [0.05, 0.1) is 49.9 Å². The lowest BCUT2D eigenvalue weighted by atomic mass is 10.2. The molecule has 1 aliphatic heterocycles. The van der Waals surface area contributed by atoms with Crippen molar-refractivity contribution in [1.29, 1.82) is 0 Å². The molecule has 3 atom stereocenters. The molecule has 1 saturated heterocycles. The van der Waals surface area contributed by atoms with Crippen LogP contribution in [0.4, 0.5) is 13.2 Å². The van der Waals surface area contributed by atoms with Crippen LogP contribution in [0.3, 0.4) is 0 Å². The summed E-state index contributed by atoms with van der Waals surface area (Å²) in [5, 5.41) is 0. The van der Waals surface area contributed by atoms with Crippen molar-refractivity contribution in [2.75, 3.05) is 111 Å². The first-order valence-corrected chi connectivity index (χ1v) is 21.8. The lowest BCUT2D eigenvalue weighted by Crippen LogP contribution is -2.46. The van der Waals surface area contributed by atoms with E-state index in [-0.39, 0.29) is 18.9 Å². The van der Waals surface area contributed by atoms with Gasteiger partial charge < -0.3 is 13.6 Å². The maximum Gasteiger partial charge on any atom is 0.417 e. The van der Waals surface area contributed by atoms with Gasteiger partial charge in [0, 0.05) is 85.1 Å². The lowest BCUT2D eigenvalue weighted by molar-refractivity contribution is -0.137. The normalized spacial score (nSPS) is 21.9. The number of rotatable bonds is 14. The predicted molar refractivity (Wildman–Crippen MR) is 169 cm³/mol. The van der Waals surface area contributed by atoms with Gasteiger partial charge in [-0.15, -0.1) is 0 Å². The van der Waals surface area contributed by atoms with Gasteiger partial charge in [-0.05, 0) is 32.9 Å². The van der Waals surface area contributed by atoms with E-state index < -0.39 is 33.8 Å². The summed E-state index contributed by atoms with van der Waals surface area (Å²) in [7, 11) is -8.74. The van der Waals surface area contributed by atoms with Crippen molar-refractivity contribution >= 4 is 22.1 Å². The molecule has 0 bridgehead atoms. The van der Waals surface area contributed by atoms with E-state index in [1.165, 1.54) is 6.07 Å². The molecule has 0 N–H and O–H groups in total. The van der Waals surface area contributed by atoms with Crippen LogP contribution in [-0.2, 0) is 40.0 Å². The molecular formula is C27H51F3N5O6P3. The van der Waals surface area contributed by atoms with E-state index in [4.69, 9.17) is 13.6 Å². The smallest absolute Gasteiger partial charge is 0.328 e. The lowest BCUT2D eigenvalue weighted by Gasteiger charge is -2.35. The summed E-state index contributed by atoms with van der Waals surface area (Å²) in [6.07, 6.45) is -2.91. The molecule has 11 nitrogen and oxygen atoms in total. The molecule has 1 aliphatic rings. The number of halogens is 3. The van der Waals surface area contributed by atoms with E-state index >= 15 is 0 Å². The molecule has 1 aromatic heterocycles. The molecule has 2 rings (SSSR count). The fourth-order valence-corrected chi connectivity index (χ4v) is 10.0. The molecule has 17 heteroatoms. The summed E-state index contributed by atoms with van der Waals surface area (Å²) in [4.78, 5) is 12.4. The van der Waals surface area contributed by atoms with Crippen LogP contribution >= 0.6 is 22.1 Å². The Balaban J connectivity index is 2.35. The maximum atomic E-state index is 13.2. The second-order valence-electron chi connectivity index (χ2n) is 11.4. The van der Waals surface area contributed by atoms with Crippen LogP contribution < -0.4 is 0 Å². The van der Waals surface area contributed by atoms with Gasteiger partial charge in [0.1, 0.15) is 0 Å². The summed E-state index contributed by atoms with van der Waals surface area (Å²) < 4.78 is 95.5. The summed E-state index contributed by atoms with van der Waals surface area (Å²) in [5.74, 6) is 0. The Morgan fingerprint density at radius 1 is 0.659 bits per heavy atom. The third kappa shape index (κ3) is 15.3. The number of pyridine rings is 1. The Bertz CT molecular complexity index is 1100. The van der Waals surface area contributed by atoms with E-state index in [0.717, 1.165) is 12.3 Å². The monoisotopic (exact) mass is 691 g/mol. The molecule has 2 heterocycles. The number of nitrogens with zero attached hydrogens (tertiary/aromatic N) is 5. The van der Waals surface area contributed by atoms with Crippen LogP contribution in [-0.4, -0.2) is 136 Å². The molecule has 0 amide bonds. The van der Waals surface area contributed by atoms with Gasteiger partial charge in [-0.3, -0.25) is 38.3 Å². The molecule has 0 aromatic carbocycles. The molecule has 1 fully saturated rings. The number of alkyl halides is 3. The highest BCUT2D eigenvalue weighted by molar-refractivity contribution is 7.58. The summed E-state index contributed by atoms with van der Waals surface area (Å²) in [6, 6.07) is 2.42. The van der Waals surface area contributed by atoms with Crippen LogP contribution in [0, 0.1) is 0 Å². The van der Waals surface area contributed by atoms with Crippen LogP contribution in [0.2, 0.25) is 0 Å². The Labute approximate surface area is 261 Å². The summed E-state index contributed by atoms with van der Waals surface area (Å²) in [6.45, 7) is 15.7. The van der Waals surface area contributed by atoms with Crippen molar-refractivity contribution in [2.45, 2.75) is 33.5 Å². The van der Waals surface area contributed by atoms with E-state index in [9.17, 15) is 26.9 Å². The van der Waals surface area contributed by atoms with E-state index in [2.05, 4.69) is 24.6 Å². The second kappa shape index (κ2) is 18.0. The first-order chi connectivity index (χ1) is 20.5. The number of hydrogen-bond acceptors (Lipinski definition) is 11. The fraction of sp³-hybridized carbons (Fsp3) is 0.815. The zero-order chi connectivity index (χ0) is 33.0. The molecule has 256 valence electrons. The Hall–Kier alpha value is -0.650. The quantitative estimate of drug-likeness (QED) is 0.230. The molecular weight excluding hydrogens is 640 g/mol. The maximum absolute atomic E-state index is 13.2. The zero-order valence-corrected chi connectivity index (χ0v) is 29.7. The predicted octanol–water partition coefficient (Wildman–Crippen LogP) is 5.53. The van der Waals surface area contributed by atoms with Crippen LogP contribution in [0.15, 0.2) is 18.3 Å². The largest absolute Gasteiger partial charge is 0.417 e. The molecule has 0 aliphatic carbocycles. The van der Waals surface area contributed by atoms with Gasteiger partial charge in [-0.25, -0.2) is 0 Å². The van der Waals surface area contributed by atoms with Gasteiger partial charge >= 0.3 is 6.18 Å². The third-order valence-corrected chi connectivity index (χ3v) is 12.2. The molecule has 44 heavy (non-hydrogen) atoms. The second-order valence-corrected chi connectivity index (χ2v) is 19.1. The Morgan fingerprint density at radius 3 is 1.27 bits per heavy atom. The van der Waals surface area contributed by atoms with E-state index in [1.807, 2.05) is 0 Å². The first-order valence-electron chi connectivity index (χ1n) is 15.0. The summed E-state index contributed by atoms with van der Waals surface area (Å²) in [5.41, 5.74) is -0.308. The van der Waals surface area contributed by atoms with E-state index in [0.29, 0.717) is 84.4 Å². The van der Waals surface area contributed by atoms with Crippen molar-refractivity contribution in [2.24, 2.45) is 0 Å². The van der Waals surface area contributed by atoms with Crippen molar-refractivity contribution in [3.05, 3.63) is 29.6 Å². The zero-order valence-electron chi connectivity index (χ0n) is 27.0. The minimum atomic E-state index is -4.47. The minimum absolute atomic E-state index is 0.232. The van der Waals surface area contributed by atoms with Gasteiger partial charge in [0.25, 0.3) is 0 Å². The fourth-order valence-electron chi connectivity index (χ4n) is 5.11. The first kappa shape index (κ1) is 39.5. The number of hydrogen-bond donors (Lipinski definition) is 0. The molecule has 0 saturated carbocycles. The average Bonchev–Trinajstić information content (AvgIpc) is 2.89. The standard InChI is InChI=1S/C27H51F3N5O6P3/c1-7-39-42(4,36)22-33-14-12-32(21-26-11-10-25(20-31-26)27(28,29)30)13-15-34(23-43(5,37)40-8-2)17-19-35(18-16-33)24-44(6,38)41-9-3/h10-11,20H,7-9,12-19,21-24H2,1-6H3. The van der Waals surface area contributed by atoms with Crippen LogP contribution in [0.1, 0.15) is 32.0 Å². The highest BCUT2D eigenvalue weighted by atomic mass is 31.2. The SMILES string of the molecule is CCOP(C)(=O)CN1CCN(Cc2ccc(C(F)(F)F)cn2)CCN(CP(C)(=O)OCC)CCN(CP(C)(=O)OCC)CC1. The molecule has 3 unspecified atom stereocenters. The van der Waals surface area contributed by atoms with Gasteiger partial charge in [-0.1, -0.05) is 0 Å². The number of aromatic nitrogens is 1. The van der Waals surface area contributed by atoms with Crippen molar-refractivity contribution < 1.29 is 40.4 Å². The van der Waals surface area contributed by atoms with Crippen molar-refractivity contribution in [1.82, 2.24) is 24.6 Å². The Morgan fingerprint density at radius 2 is 1.00 bits per heavy atom. The topological polar surface area (TPSA) is 105 Å². The van der Waals surface area contributed by atoms with Crippen LogP contribution in [0.5, 0.6) is 0 Å². The van der Waals surface area contributed by atoms with Crippen LogP contribution in [0.25, 0.3) is 0 Å².